The highest BCUT2D eigenvalue weighted by molar-refractivity contribution is 5.67. The van der Waals surface area contributed by atoms with Crippen molar-refractivity contribution in [1.29, 1.82) is 0 Å². The van der Waals surface area contributed by atoms with Crippen LogP contribution in [0.25, 0.3) is 67.5 Å². The predicted molar refractivity (Wildman–Crippen MR) is 422 cm³/mol. The number of aromatic nitrogens is 6. The van der Waals surface area contributed by atoms with Crippen molar-refractivity contribution in [3.63, 3.8) is 0 Å². The van der Waals surface area contributed by atoms with Crippen molar-refractivity contribution >= 4 is 0 Å². The Morgan fingerprint density at radius 3 is 1.08 bits per heavy atom. The maximum Gasteiger partial charge on any atom is 0.215 e. The van der Waals surface area contributed by atoms with E-state index in [1.807, 2.05) is 0 Å². The minimum atomic E-state index is 0.539. The zero-order chi connectivity index (χ0) is 72.7. The summed E-state index contributed by atoms with van der Waals surface area (Å²) < 4.78 is 13.3. The second-order valence-electron chi connectivity index (χ2n) is 27.8. The summed E-state index contributed by atoms with van der Waals surface area (Å²) in [5.41, 5.74) is 33.4. The van der Waals surface area contributed by atoms with Gasteiger partial charge < -0.3 is 0 Å². The van der Waals surface area contributed by atoms with Gasteiger partial charge in [0.15, 0.2) is 37.2 Å². The first-order valence-corrected chi connectivity index (χ1v) is 36.2. The largest absolute Gasteiger partial charge is 0.215 e. The predicted octanol–water partition coefficient (Wildman–Crippen LogP) is 20.3. The molecule has 516 valence electrons. The minimum absolute atomic E-state index is 0.539. The van der Waals surface area contributed by atoms with Crippen LogP contribution in [0.4, 0.5) is 0 Å². The van der Waals surface area contributed by atoms with Crippen LogP contribution in [0.3, 0.4) is 0 Å². The molecule has 0 bridgehead atoms. The van der Waals surface area contributed by atoms with Crippen molar-refractivity contribution in [3.8, 4) is 67.5 Å². The first kappa shape index (κ1) is 77.6. The van der Waals surface area contributed by atoms with E-state index in [4.69, 9.17) is 0 Å². The molecule has 6 heterocycles. The summed E-state index contributed by atoms with van der Waals surface area (Å²) in [5, 5.41) is 0. The van der Waals surface area contributed by atoms with Gasteiger partial charge in [-0.15, -0.1) is 0 Å². The summed E-state index contributed by atoms with van der Waals surface area (Å²) >= 11 is 0. The molecule has 6 aromatic heterocycles. The highest BCUT2D eigenvalue weighted by Gasteiger charge is 2.22. The molecular formula is C94H116N6+6. The molecule has 0 N–H and O–H groups in total. The highest BCUT2D eigenvalue weighted by Crippen LogP contribution is 2.30. The fraction of sp³-hybridized carbons (Fsp3) is 0.298. The minimum Gasteiger partial charge on any atom is -0.201 e. The van der Waals surface area contributed by atoms with Gasteiger partial charge in [0, 0.05) is 104 Å². The second kappa shape index (κ2) is 37.4. The lowest BCUT2D eigenvalue weighted by molar-refractivity contribution is -0.661. The molecule has 6 aromatic carbocycles. The fourth-order valence-corrected chi connectivity index (χ4v) is 13.0. The van der Waals surface area contributed by atoms with Crippen LogP contribution in [0.15, 0.2) is 250 Å². The Morgan fingerprint density at radius 2 is 0.660 bits per heavy atom. The molecule has 0 amide bonds. The fourth-order valence-electron chi connectivity index (χ4n) is 13.0. The Labute approximate surface area is 603 Å². The molecular weight excluding hydrogens is 1210 g/mol. The van der Waals surface area contributed by atoms with Gasteiger partial charge in [0.2, 0.25) is 34.2 Å². The highest BCUT2D eigenvalue weighted by atomic mass is 14.9. The summed E-state index contributed by atoms with van der Waals surface area (Å²) in [6.07, 6.45) is 16.2. The normalized spacial score (nSPS) is 10.7. The molecule has 6 heteroatoms. The van der Waals surface area contributed by atoms with Crippen molar-refractivity contribution in [2.24, 2.45) is 42.3 Å². The topological polar surface area (TPSA) is 23.3 Å². The third-order valence-electron chi connectivity index (χ3n) is 19.1. The van der Waals surface area contributed by atoms with Crippen molar-refractivity contribution in [2.75, 3.05) is 0 Å². The lowest BCUT2D eigenvalue weighted by atomic mass is 9.94. The molecule has 12 rings (SSSR count). The molecule has 0 aliphatic carbocycles. The zero-order valence-electron chi connectivity index (χ0n) is 64.7. The maximum absolute atomic E-state index is 2.30. The molecule has 12 aromatic rings. The van der Waals surface area contributed by atoms with Gasteiger partial charge >= 0.3 is 0 Å². The average molecular weight is 1330 g/mol. The molecule has 0 saturated carbocycles. The number of hydrogen-bond donors (Lipinski definition) is 0. The number of aryl methyl sites for hydroxylation is 16. The van der Waals surface area contributed by atoms with Gasteiger partial charge in [-0.05, 0) is 191 Å². The smallest absolute Gasteiger partial charge is 0.201 e. The Kier molecular flexibility index (Phi) is 29.0. The lowest BCUT2D eigenvalue weighted by Crippen LogP contribution is -2.32. The Balaban J connectivity index is 0.000000169. The number of rotatable bonds is 12. The first-order valence-electron chi connectivity index (χ1n) is 36.2. The van der Waals surface area contributed by atoms with E-state index in [-0.39, 0.29) is 0 Å². The van der Waals surface area contributed by atoms with Crippen molar-refractivity contribution in [3.05, 3.63) is 322 Å². The monoisotopic (exact) mass is 1330 g/mol. The summed E-state index contributed by atoms with van der Waals surface area (Å²) in [6.45, 7) is 35.2. The average Bonchev–Trinajstić information content (AvgIpc) is 0.835. The molecule has 0 aliphatic rings. The first-order chi connectivity index (χ1) is 47.9. The number of nitrogens with zero attached hydrogens (tertiary/aromatic N) is 6. The molecule has 0 radical (unpaired) electrons. The van der Waals surface area contributed by atoms with E-state index in [1.54, 1.807) is 0 Å². The van der Waals surface area contributed by atoms with Crippen LogP contribution in [-0.4, -0.2) is 0 Å². The zero-order valence-corrected chi connectivity index (χ0v) is 64.7. The van der Waals surface area contributed by atoms with Gasteiger partial charge in [-0.3, -0.25) is 0 Å². The maximum atomic E-state index is 2.30. The van der Waals surface area contributed by atoms with Crippen molar-refractivity contribution in [1.82, 2.24) is 0 Å². The van der Waals surface area contributed by atoms with Crippen molar-refractivity contribution in [2.45, 2.75) is 148 Å². The third-order valence-corrected chi connectivity index (χ3v) is 19.1. The molecule has 100 heavy (non-hydrogen) atoms. The van der Waals surface area contributed by atoms with Crippen LogP contribution in [-0.2, 0) is 61.5 Å². The number of pyridine rings is 6. The van der Waals surface area contributed by atoms with Crippen LogP contribution in [0.2, 0.25) is 0 Å². The van der Waals surface area contributed by atoms with E-state index in [0.717, 1.165) is 19.3 Å². The van der Waals surface area contributed by atoms with Gasteiger partial charge in [0.05, 0.1) is 0 Å². The summed E-state index contributed by atoms with van der Waals surface area (Å²) in [7, 11) is 12.7. The lowest BCUT2D eigenvalue weighted by Gasteiger charge is -2.11. The van der Waals surface area contributed by atoms with Crippen LogP contribution in [0.1, 0.15) is 152 Å². The summed E-state index contributed by atoms with van der Waals surface area (Å²) in [5.74, 6) is 1.68. The van der Waals surface area contributed by atoms with Gasteiger partial charge in [-0.1, -0.05) is 172 Å². The quantitative estimate of drug-likeness (QED) is 0.109. The molecule has 0 saturated heterocycles. The van der Waals surface area contributed by atoms with E-state index < -0.39 is 0 Å². The number of benzene rings is 6. The molecule has 0 fully saturated rings. The number of hydrogen-bond acceptors (Lipinski definition) is 0. The summed E-state index contributed by atoms with van der Waals surface area (Å²) in [4.78, 5) is 0. The van der Waals surface area contributed by atoms with Gasteiger partial charge in [0.1, 0.15) is 42.3 Å². The third kappa shape index (κ3) is 20.4. The van der Waals surface area contributed by atoms with Gasteiger partial charge in [0.25, 0.3) is 0 Å². The van der Waals surface area contributed by atoms with Crippen molar-refractivity contribution < 1.29 is 27.4 Å². The van der Waals surface area contributed by atoms with E-state index in [2.05, 4.69) is 430 Å². The summed E-state index contributed by atoms with van der Waals surface area (Å²) in [6, 6.07) is 75.7. The van der Waals surface area contributed by atoms with Crippen LogP contribution in [0, 0.1) is 48.5 Å². The van der Waals surface area contributed by atoms with Crippen LogP contribution < -0.4 is 27.4 Å². The Bertz CT molecular complexity index is 4620. The van der Waals surface area contributed by atoms with Gasteiger partial charge in [-0.2, -0.15) is 0 Å². The molecule has 0 spiro atoms. The molecule has 6 nitrogen and oxygen atoms in total. The molecule has 0 unspecified atom stereocenters. The van der Waals surface area contributed by atoms with Crippen LogP contribution >= 0.6 is 0 Å². The van der Waals surface area contributed by atoms with E-state index in [9.17, 15) is 0 Å². The van der Waals surface area contributed by atoms with E-state index in [0.29, 0.717) is 17.8 Å². The molecule has 0 atom stereocenters. The Hall–Kier alpha value is -9.78. The van der Waals surface area contributed by atoms with E-state index >= 15 is 0 Å². The SMILES string of the molecule is CCc1cc(C)c(-c2ccccc2C)[n+](C)c1.CCc1cc[n+](C)c(-c2ccccc2C)c1.CCc1ccc[n+](C)c1-c1ccccc1C.Cc1ccccc1-c1c(C(C)C)ccc[n+]1C.Cc1ccccc1-c1cc(C(C)C)cc[n+]1C.Cc1ccccc1-c1ccc(C(C)C)c[n+]1C. The van der Waals surface area contributed by atoms with Crippen LogP contribution in [0.5, 0.6) is 0 Å². The standard InChI is InChI=1S/4C16H20N.2C15H18N/c1-12(2)14-10-7-11-17(4)16(14)15-9-6-5-8-13(15)3;1-12(2)14-9-10-17(4)16(11-14)15-8-6-5-7-13(15)3;1-12(2)14-9-10-16(17(4)11-14)15-8-6-5-7-13(15)3;1-5-14-10-13(3)16(17(4)11-14)15-9-7-6-8-12(15)2;1-4-13-9-7-11-16(3)15(13)14-10-6-5-8-12(14)2;1-4-13-9-10-16(3)15(11-13)14-8-6-5-7-12(14)2/h3*5-12H,1-4H3;6-11H,5H2,1-4H3;2*5-11H,4H2,1-3H3/q6*+1. The second-order valence-corrected chi connectivity index (χ2v) is 27.8. The van der Waals surface area contributed by atoms with Gasteiger partial charge in [-0.25, -0.2) is 27.4 Å². The molecule has 0 aliphatic heterocycles. The van der Waals surface area contributed by atoms with E-state index in [1.165, 1.54) is 140 Å². The Morgan fingerprint density at radius 1 is 0.260 bits per heavy atom.